The minimum Gasteiger partial charge on any atom is -0.347 e. The Balaban J connectivity index is 2.53. The van der Waals surface area contributed by atoms with E-state index in [2.05, 4.69) is 37.0 Å². The van der Waals surface area contributed by atoms with E-state index in [4.69, 9.17) is 4.52 Å². The average Bonchev–Trinajstić information content (AvgIpc) is 2.49. The van der Waals surface area contributed by atoms with Crippen LogP contribution in [0.15, 0.2) is 44.0 Å². The second-order valence-corrected chi connectivity index (χ2v) is 4.00. The molecule has 0 radical (unpaired) electrons. The SMILES string of the molecule is Brc1onc(-c2ccccc2)c1Br. The summed E-state index contributed by atoms with van der Waals surface area (Å²) in [5.74, 6) is 0. The van der Waals surface area contributed by atoms with Crippen molar-refractivity contribution in [3.8, 4) is 11.3 Å². The summed E-state index contributed by atoms with van der Waals surface area (Å²) in [6.07, 6.45) is 0. The highest BCUT2D eigenvalue weighted by atomic mass is 79.9. The van der Waals surface area contributed by atoms with Crippen LogP contribution in [-0.4, -0.2) is 5.16 Å². The fraction of sp³-hybridized carbons (Fsp3) is 0. The standard InChI is InChI=1S/C9H5Br2NO/c10-7-8(12-13-9(7)11)6-4-2-1-3-5-6/h1-5H. The number of hydrogen-bond donors (Lipinski definition) is 0. The molecule has 0 spiro atoms. The summed E-state index contributed by atoms with van der Waals surface area (Å²) in [4.78, 5) is 0. The lowest BCUT2D eigenvalue weighted by Gasteiger charge is -1.93. The van der Waals surface area contributed by atoms with Crippen LogP contribution in [0, 0.1) is 0 Å². The summed E-state index contributed by atoms with van der Waals surface area (Å²) in [6.45, 7) is 0. The van der Waals surface area contributed by atoms with Gasteiger partial charge in [-0.15, -0.1) is 0 Å². The minimum atomic E-state index is 0.617. The van der Waals surface area contributed by atoms with Gasteiger partial charge >= 0.3 is 0 Å². The summed E-state index contributed by atoms with van der Waals surface area (Å²) in [6, 6.07) is 9.85. The maximum atomic E-state index is 4.97. The van der Waals surface area contributed by atoms with Crippen molar-refractivity contribution in [3.05, 3.63) is 39.5 Å². The van der Waals surface area contributed by atoms with Gasteiger partial charge in [0.2, 0.25) is 4.67 Å². The molecule has 0 N–H and O–H groups in total. The highest BCUT2D eigenvalue weighted by Gasteiger charge is 2.11. The third-order valence-corrected chi connectivity index (χ3v) is 3.45. The zero-order chi connectivity index (χ0) is 9.26. The van der Waals surface area contributed by atoms with Crippen LogP contribution in [0.2, 0.25) is 0 Å². The van der Waals surface area contributed by atoms with Crippen LogP contribution in [0.4, 0.5) is 0 Å². The van der Waals surface area contributed by atoms with E-state index in [0.29, 0.717) is 4.67 Å². The lowest BCUT2D eigenvalue weighted by atomic mass is 10.2. The Bertz CT molecular complexity index is 411. The summed E-state index contributed by atoms with van der Waals surface area (Å²) < 4.78 is 6.43. The Kier molecular flexibility index (Phi) is 2.51. The maximum Gasteiger partial charge on any atom is 0.216 e. The summed E-state index contributed by atoms with van der Waals surface area (Å²) in [5, 5.41) is 3.92. The topological polar surface area (TPSA) is 26.0 Å². The van der Waals surface area contributed by atoms with E-state index in [1.54, 1.807) is 0 Å². The lowest BCUT2D eigenvalue weighted by molar-refractivity contribution is 0.401. The Morgan fingerprint density at radius 1 is 1.08 bits per heavy atom. The molecule has 0 amide bonds. The molecule has 0 aliphatic rings. The van der Waals surface area contributed by atoms with Gasteiger partial charge in [-0.05, 0) is 31.9 Å². The van der Waals surface area contributed by atoms with Crippen LogP contribution in [-0.2, 0) is 0 Å². The van der Waals surface area contributed by atoms with Gasteiger partial charge in [-0.25, -0.2) is 0 Å². The number of rotatable bonds is 1. The molecule has 2 rings (SSSR count). The quantitative estimate of drug-likeness (QED) is 0.799. The third kappa shape index (κ3) is 1.69. The molecule has 0 aliphatic carbocycles. The van der Waals surface area contributed by atoms with E-state index < -0.39 is 0 Å². The molecule has 2 nitrogen and oxygen atoms in total. The number of nitrogens with zero attached hydrogens (tertiary/aromatic N) is 1. The molecule has 1 aromatic carbocycles. The maximum absolute atomic E-state index is 4.97. The fourth-order valence-electron chi connectivity index (χ4n) is 1.03. The van der Waals surface area contributed by atoms with Crippen molar-refractivity contribution in [2.75, 3.05) is 0 Å². The van der Waals surface area contributed by atoms with E-state index in [1.807, 2.05) is 30.3 Å². The van der Waals surface area contributed by atoms with Crippen molar-refractivity contribution in [3.63, 3.8) is 0 Å². The highest BCUT2D eigenvalue weighted by molar-refractivity contribution is 9.13. The summed E-state index contributed by atoms with van der Waals surface area (Å²) >= 11 is 6.62. The number of halogens is 2. The third-order valence-electron chi connectivity index (χ3n) is 1.64. The van der Waals surface area contributed by atoms with Crippen molar-refractivity contribution in [2.45, 2.75) is 0 Å². The predicted molar refractivity (Wildman–Crippen MR) is 57.3 cm³/mol. The van der Waals surface area contributed by atoms with Crippen molar-refractivity contribution in [2.24, 2.45) is 0 Å². The first-order valence-corrected chi connectivity index (χ1v) is 5.23. The van der Waals surface area contributed by atoms with Crippen molar-refractivity contribution in [1.82, 2.24) is 5.16 Å². The Morgan fingerprint density at radius 3 is 2.31 bits per heavy atom. The van der Waals surface area contributed by atoms with Crippen molar-refractivity contribution in [1.29, 1.82) is 0 Å². The largest absolute Gasteiger partial charge is 0.347 e. The first kappa shape index (κ1) is 8.97. The monoisotopic (exact) mass is 301 g/mol. The molecule has 0 saturated heterocycles. The first-order chi connectivity index (χ1) is 6.29. The van der Waals surface area contributed by atoms with Gasteiger partial charge in [0.25, 0.3) is 0 Å². The zero-order valence-corrected chi connectivity index (χ0v) is 9.67. The van der Waals surface area contributed by atoms with Gasteiger partial charge in [-0.1, -0.05) is 35.5 Å². The van der Waals surface area contributed by atoms with Gasteiger partial charge < -0.3 is 4.52 Å². The molecule has 0 unspecified atom stereocenters. The number of aromatic nitrogens is 1. The lowest BCUT2D eigenvalue weighted by Crippen LogP contribution is -1.76. The second-order valence-electron chi connectivity index (χ2n) is 2.48. The van der Waals surface area contributed by atoms with Gasteiger partial charge in [0.05, 0.1) is 4.47 Å². The fourth-order valence-corrected chi connectivity index (χ4v) is 1.67. The van der Waals surface area contributed by atoms with E-state index >= 15 is 0 Å². The second kappa shape index (κ2) is 3.64. The van der Waals surface area contributed by atoms with Gasteiger partial charge in [-0.3, -0.25) is 0 Å². The molecule has 0 saturated carbocycles. The van der Waals surface area contributed by atoms with Gasteiger partial charge in [0.1, 0.15) is 5.69 Å². The molecule has 66 valence electrons. The van der Waals surface area contributed by atoms with E-state index in [1.165, 1.54) is 0 Å². The summed E-state index contributed by atoms with van der Waals surface area (Å²) in [7, 11) is 0. The smallest absolute Gasteiger partial charge is 0.216 e. The predicted octanol–water partition coefficient (Wildman–Crippen LogP) is 3.87. The minimum absolute atomic E-state index is 0.617. The Hall–Kier alpha value is -0.610. The normalized spacial score (nSPS) is 10.3. The molecule has 4 heteroatoms. The molecule has 0 fully saturated rings. The van der Waals surface area contributed by atoms with Gasteiger partial charge in [-0.2, -0.15) is 0 Å². The van der Waals surface area contributed by atoms with Gasteiger partial charge in [0, 0.05) is 5.56 Å². The molecular weight excluding hydrogens is 298 g/mol. The highest BCUT2D eigenvalue weighted by Crippen LogP contribution is 2.33. The van der Waals surface area contributed by atoms with Gasteiger partial charge in [0.15, 0.2) is 0 Å². The van der Waals surface area contributed by atoms with Crippen molar-refractivity contribution >= 4 is 31.9 Å². The molecule has 13 heavy (non-hydrogen) atoms. The van der Waals surface area contributed by atoms with Crippen LogP contribution in [0.1, 0.15) is 0 Å². The number of benzene rings is 1. The molecule has 0 atom stereocenters. The van der Waals surface area contributed by atoms with Crippen LogP contribution in [0.5, 0.6) is 0 Å². The molecule has 0 aliphatic heterocycles. The van der Waals surface area contributed by atoms with Crippen LogP contribution < -0.4 is 0 Å². The van der Waals surface area contributed by atoms with Crippen LogP contribution in [0.3, 0.4) is 0 Å². The summed E-state index contributed by atoms with van der Waals surface area (Å²) in [5.41, 5.74) is 1.84. The van der Waals surface area contributed by atoms with Crippen LogP contribution in [0.25, 0.3) is 11.3 Å². The van der Waals surface area contributed by atoms with E-state index in [-0.39, 0.29) is 0 Å². The number of hydrogen-bond acceptors (Lipinski definition) is 2. The van der Waals surface area contributed by atoms with Crippen molar-refractivity contribution < 1.29 is 4.52 Å². The molecule has 1 aromatic heterocycles. The molecule has 2 aromatic rings. The Morgan fingerprint density at radius 2 is 1.77 bits per heavy atom. The first-order valence-electron chi connectivity index (χ1n) is 3.65. The molecule has 1 heterocycles. The average molecular weight is 303 g/mol. The zero-order valence-electron chi connectivity index (χ0n) is 6.50. The molecule has 0 bridgehead atoms. The Labute approximate surface area is 92.2 Å². The van der Waals surface area contributed by atoms with E-state index in [0.717, 1.165) is 15.7 Å². The van der Waals surface area contributed by atoms with Crippen LogP contribution >= 0.6 is 31.9 Å². The van der Waals surface area contributed by atoms with E-state index in [9.17, 15) is 0 Å². The molecular formula is C9H5Br2NO.